The standard InChI is InChI=1S/C17H21N5O/c1-12-9-13(2)22(20-12)11-14(3)21-8-7-19-17(21)15-5-6-18-16(10-15)23-4/h5-10,14H,11H2,1-4H3. The number of hydrogen-bond acceptors (Lipinski definition) is 4. The van der Waals surface area contributed by atoms with Gasteiger partial charge in [0, 0.05) is 35.9 Å². The summed E-state index contributed by atoms with van der Waals surface area (Å²) in [6.45, 7) is 7.06. The van der Waals surface area contributed by atoms with E-state index in [1.54, 1.807) is 13.3 Å². The van der Waals surface area contributed by atoms with E-state index in [0.29, 0.717) is 5.88 Å². The zero-order valence-corrected chi connectivity index (χ0v) is 13.9. The number of pyridine rings is 1. The zero-order valence-electron chi connectivity index (χ0n) is 13.9. The third kappa shape index (κ3) is 3.11. The molecule has 0 aliphatic heterocycles. The number of imidazole rings is 1. The normalized spacial score (nSPS) is 12.3. The van der Waals surface area contributed by atoms with E-state index in [4.69, 9.17) is 4.74 Å². The molecule has 23 heavy (non-hydrogen) atoms. The second kappa shape index (κ2) is 6.24. The summed E-state index contributed by atoms with van der Waals surface area (Å²) in [4.78, 5) is 8.65. The van der Waals surface area contributed by atoms with Crippen LogP contribution in [0.25, 0.3) is 11.4 Å². The van der Waals surface area contributed by atoms with Crippen molar-refractivity contribution >= 4 is 0 Å². The summed E-state index contributed by atoms with van der Waals surface area (Å²) in [5.74, 6) is 1.49. The van der Waals surface area contributed by atoms with Gasteiger partial charge < -0.3 is 9.30 Å². The SMILES string of the molecule is COc1cc(-c2nccn2C(C)Cn2nc(C)cc2C)ccn1. The minimum atomic E-state index is 0.227. The molecule has 120 valence electrons. The van der Waals surface area contributed by atoms with Gasteiger partial charge in [-0.2, -0.15) is 5.10 Å². The summed E-state index contributed by atoms with van der Waals surface area (Å²) in [5, 5.41) is 4.54. The minimum Gasteiger partial charge on any atom is -0.481 e. The maximum atomic E-state index is 5.21. The number of hydrogen-bond donors (Lipinski definition) is 0. The molecule has 6 nitrogen and oxygen atoms in total. The van der Waals surface area contributed by atoms with Gasteiger partial charge in [-0.15, -0.1) is 0 Å². The van der Waals surface area contributed by atoms with Crippen LogP contribution in [0, 0.1) is 13.8 Å². The van der Waals surface area contributed by atoms with E-state index in [1.165, 1.54) is 5.69 Å². The molecule has 0 N–H and O–H groups in total. The monoisotopic (exact) mass is 311 g/mol. The highest BCUT2D eigenvalue weighted by Crippen LogP contribution is 2.24. The first-order valence-electron chi connectivity index (χ1n) is 7.63. The molecular formula is C17H21N5O. The van der Waals surface area contributed by atoms with Crippen molar-refractivity contribution in [2.24, 2.45) is 0 Å². The maximum Gasteiger partial charge on any atom is 0.213 e. The molecule has 6 heteroatoms. The fraction of sp³-hybridized carbons (Fsp3) is 0.353. The molecule has 3 aromatic rings. The Balaban J connectivity index is 1.89. The molecule has 0 fully saturated rings. The van der Waals surface area contributed by atoms with Crippen molar-refractivity contribution in [2.45, 2.75) is 33.4 Å². The molecule has 3 rings (SSSR count). The highest BCUT2D eigenvalue weighted by molar-refractivity contribution is 5.56. The van der Waals surface area contributed by atoms with Gasteiger partial charge in [0.05, 0.1) is 25.4 Å². The van der Waals surface area contributed by atoms with Crippen LogP contribution in [0.3, 0.4) is 0 Å². The number of ether oxygens (including phenoxy) is 1. The van der Waals surface area contributed by atoms with Gasteiger partial charge in [-0.3, -0.25) is 4.68 Å². The van der Waals surface area contributed by atoms with Gasteiger partial charge in [0.1, 0.15) is 5.82 Å². The Morgan fingerprint density at radius 1 is 1.17 bits per heavy atom. The fourth-order valence-electron chi connectivity index (χ4n) is 2.75. The van der Waals surface area contributed by atoms with Crippen molar-refractivity contribution in [3.63, 3.8) is 0 Å². The van der Waals surface area contributed by atoms with E-state index in [1.807, 2.05) is 36.1 Å². The largest absolute Gasteiger partial charge is 0.481 e. The predicted octanol–water partition coefficient (Wildman–Crippen LogP) is 3.03. The van der Waals surface area contributed by atoms with Gasteiger partial charge in [-0.25, -0.2) is 9.97 Å². The smallest absolute Gasteiger partial charge is 0.213 e. The molecule has 3 aromatic heterocycles. The maximum absolute atomic E-state index is 5.21. The number of aryl methyl sites for hydroxylation is 2. The molecule has 0 bridgehead atoms. The lowest BCUT2D eigenvalue weighted by atomic mass is 10.2. The Morgan fingerprint density at radius 2 is 2.00 bits per heavy atom. The van der Waals surface area contributed by atoms with Crippen LogP contribution in [-0.4, -0.2) is 31.4 Å². The van der Waals surface area contributed by atoms with E-state index in [-0.39, 0.29) is 6.04 Å². The van der Waals surface area contributed by atoms with Crippen LogP contribution in [-0.2, 0) is 6.54 Å². The summed E-state index contributed by atoms with van der Waals surface area (Å²) >= 11 is 0. The van der Waals surface area contributed by atoms with Crippen LogP contribution in [0.5, 0.6) is 5.88 Å². The van der Waals surface area contributed by atoms with Gasteiger partial charge in [0.2, 0.25) is 5.88 Å². The predicted molar refractivity (Wildman–Crippen MR) is 88.4 cm³/mol. The Labute approximate surface area is 135 Å². The third-order valence-corrected chi connectivity index (χ3v) is 3.89. The van der Waals surface area contributed by atoms with Crippen LogP contribution in [0.4, 0.5) is 0 Å². The average Bonchev–Trinajstić information content (AvgIpc) is 3.14. The average molecular weight is 311 g/mol. The Hall–Kier alpha value is -2.63. The Bertz CT molecular complexity index is 805. The molecule has 0 amide bonds. The zero-order chi connectivity index (χ0) is 16.4. The first-order chi connectivity index (χ1) is 11.1. The molecule has 1 unspecified atom stereocenters. The highest BCUT2D eigenvalue weighted by Gasteiger charge is 2.14. The molecule has 0 radical (unpaired) electrons. The molecular weight excluding hydrogens is 290 g/mol. The lowest BCUT2D eigenvalue weighted by molar-refractivity contribution is 0.398. The molecule has 0 aromatic carbocycles. The molecule has 0 spiro atoms. The van der Waals surface area contributed by atoms with Crippen LogP contribution in [0.2, 0.25) is 0 Å². The number of methoxy groups -OCH3 is 1. The quantitative estimate of drug-likeness (QED) is 0.727. The van der Waals surface area contributed by atoms with Crippen LogP contribution in [0.15, 0.2) is 36.8 Å². The first-order valence-corrected chi connectivity index (χ1v) is 7.63. The van der Waals surface area contributed by atoms with E-state index in [0.717, 1.165) is 23.6 Å². The van der Waals surface area contributed by atoms with Gasteiger partial charge in [-0.05, 0) is 32.9 Å². The summed E-state index contributed by atoms with van der Waals surface area (Å²) in [6, 6.07) is 6.16. The molecule has 0 saturated carbocycles. The minimum absolute atomic E-state index is 0.227. The lowest BCUT2D eigenvalue weighted by Gasteiger charge is -2.17. The summed E-state index contributed by atoms with van der Waals surface area (Å²) in [6.07, 6.45) is 5.55. The molecule has 3 heterocycles. The highest BCUT2D eigenvalue weighted by atomic mass is 16.5. The van der Waals surface area contributed by atoms with E-state index >= 15 is 0 Å². The van der Waals surface area contributed by atoms with Crippen LogP contribution < -0.4 is 4.74 Å². The van der Waals surface area contributed by atoms with Crippen molar-refractivity contribution in [3.05, 3.63) is 48.2 Å². The molecule has 0 aliphatic rings. The summed E-state index contributed by atoms with van der Waals surface area (Å²) < 4.78 is 9.40. The van der Waals surface area contributed by atoms with E-state index < -0.39 is 0 Å². The van der Waals surface area contributed by atoms with Crippen LogP contribution >= 0.6 is 0 Å². The lowest BCUT2D eigenvalue weighted by Crippen LogP contribution is -2.15. The van der Waals surface area contributed by atoms with Crippen molar-refractivity contribution in [2.75, 3.05) is 7.11 Å². The second-order valence-electron chi connectivity index (χ2n) is 5.70. The molecule has 1 atom stereocenters. The van der Waals surface area contributed by atoms with Gasteiger partial charge in [0.25, 0.3) is 0 Å². The topological polar surface area (TPSA) is 57.8 Å². The van der Waals surface area contributed by atoms with E-state index in [2.05, 4.69) is 39.5 Å². The van der Waals surface area contributed by atoms with Gasteiger partial charge >= 0.3 is 0 Å². The fourth-order valence-corrected chi connectivity index (χ4v) is 2.75. The number of aromatic nitrogens is 5. The van der Waals surface area contributed by atoms with Crippen molar-refractivity contribution < 1.29 is 4.74 Å². The van der Waals surface area contributed by atoms with Crippen molar-refractivity contribution in [3.8, 4) is 17.3 Å². The number of nitrogens with zero attached hydrogens (tertiary/aromatic N) is 5. The Morgan fingerprint density at radius 3 is 2.70 bits per heavy atom. The third-order valence-electron chi connectivity index (χ3n) is 3.89. The van der Waals surface area contributed by atoms with Gasteiger partial charge in [-0.1, -0.05) is 0 Å². The number of rotatable bonds is 5. The summed E-state index contributed by atoms with van der Waals surface area (Å²) in [5.41, 5.74) is 3.20. The summed E-state index contributed by atoms with van der Waals surface area (Å²) in [7, 11) is 1.62. The molecule has 0 saturated heterocycles. The molecule has 0 aliphatic carbocycles. The van der Waals surface area contributed by atoms with Crippen LogP contribution in [0.1, 0.15) is 24.4 Å². The first kappa shape index (κ1) is 15.3. The van der Waals surface area contributed by atoms with E-state index in [9.17, 15) is 0 Å². The van der Waals surface area contributed by atoms with Crippen molar-refractivity contribution in [1.82, 2.24) is 24.3 Å². The van der Waals surface area contributed by atoms with Crippen molar-refractivity contribution in [1.29, 1.82) is 0 Å². The second-order valence-corrected chi connectivity index (χ2v) is 5.70. The van der Waals surface area contributed by atoms with Gasteiger partial charge in [0.15, 0.2) is 0 Å². The Kier molecular flexibility index (Phi) is 4.14.